The van der Waals surface area contributed by atoms with Crippen molar-refractivity contribution in [2.45, 2.75) is 23.4 Å². The van der Waals surface area contributed by atoms with E-state index in [4.69, 9.17) is 4.74 Å². The van der Waals surface area contributed by atoms with Crippen LogP contribution in [-0.4, -0.2) is 13.9 Å². The van der Waals surface area contributed by atoms with Crippen LogP contribution in [0.3, 0.4) is 0 Å². The van der Waals surface area contributed by atoms with Gasteiger partial charge < -0.3 is 4.74 Å². The molecular weight excluding hydrogens is 308 g/mol. The van der Waals surface area contributed by atoms with Crippen molar-refractivity contribution in [1.29, 1.82) is 0 Å². The third kappa shape index (κ3) is 2.44. The van der Waals surface area contributed by atoms with E-state index >= 15 is 0 Å². The average molecular weight is 324 g/mol. The Labute approximate surface area is 135 Å². The summed E-state index contributed by atoms with van der Waals surface area (Å²) in [4.78, 5) is 0.316. The lowest BCUT2D eigenvalue weighted by Gasteiger charge is -2.04. The van der Waals surface area contributed by atoms with Crippen molar-refractivity contribution in [2.24, 2.45) is 0 Å². The molecule has 23 heavy (non-hydrogen) atoms. The normalized spacial score (nSPS) is 20.6. The highest BCUT2D eigenvalue weighted by Gasteiger charge is 2.51. The van der Waals surface area contributed by atoms with Crippen LogP contribution in [0.25, 0.3) is 10.8 Å². The van der Waals surface area contributed by atoms with Crippen LogP contribution in [0, 0.1) is 6.92 Å². The second kappa shape index (κ2) is 5.18. The van der Waals surface area contributed by atoms with Gasteiger partial charge in [-0.3, -0.25) is 0 Å². The number of benzene rings is 3. The summed E-state index contributed by atoms with van der Waals surface area (Å²) in [6, 6.07) is 20.8. The van der Waals surface area contributed by atoms with Gasteiger partial charge in [0.05, 0.1) is 4.90 Å². The molecule has 0 aromatic heterocycles. The van der Waals surface area contributed by atoms with Crippen LogP contribution < -0.4 is 0 Å². The van der Waals surface area contributed by atoms with Gasteiger partial charge in [0, 0.05) is 0 Å². The highest BCUT2D eigenvalue weighted by Crippen LogP contribution is 2.46. The molecule has 3 aromatic rings. The minimum Gasteiger partial charge on any atom is -0.347 e. The molecule has 1 heterocycles. The van der Waals surface area contributed by atoms with Crippen molar-refractivity contribution in [1.82, 2.24) is 0 Å². The van der Waals surface area contributed by atoms with Crippen molar-refractivity contribution in [3.8, 4) is 0 Å². The molecule has 1 fully saturated rings. The number of epoxide rings is 1. The van der Waals surface area contributed by atoms with Crippen LogP contribution >= 0.6 is 0 Å². The van der Waals surface area contributed by atoms with Gasteiger partial charge in [-0.1, -0.05) is 60.2 Å². The highest BCUT2D eigenvalue weighted by molar-refractivity contribution is 7.92. The molecule has 116 valence electrons. The minimum atomic E-state index is -3.47. The van der Waals surface area contributed by atoms with E-state index in [1.54, 1.807) is 12.1 Å². The van der Waals surface area contributed by atoms with Gasteiger partial charge in [-0.2, -0.15) is 0 Å². The fraction of sp³-hybridized carbons (Fsp3) is 0.158. The summed E-state index contributed by atoms with van der Waals surface area (Å²) in [5.41, 5.74) is 1.17. The second-order valence-corrected chi connectivity index (χ2v) is 7.88. The first-order valence-electron chi connectivity index (χ1n) is 7.51. The Morgan fingerprint density at radius 3 is 2.35 bits per heavy atom. The van der Waals surface area contributed by atoms with Crippen LogP contribution in [0.1, 0.15) is 17.2 Å². The second-order valence-electron chi connectivity index (χ2n) is 5.85. The fourth-order valence-electron chi connectivity index (χ4n) is 2.92. The molecule has 2 unspecified atom stereocenters. The van der Waals surface area contributed by atoms with E-state index in [1.165, 1.54) is 0 Å². The quantitative estimate of drug-likeness (QED) is 0.684. The summed E-state index contributed by atoms with van der Waals surface area (Å²) in [5, 5.41) is 2.13. The van der Waals surface area contributed by atoms with Crippen molar-refractivity contribution in [2.75, 3.05) is 0 Å². The largest absolute Gasteiger partial charge is 0.347 e. The van der Waals surface area contributed by atoms with Crippen LogP contribution in [-0.2, 0) is 14.6 Å². The van der Waals surface area contributed by atoms with Gasteiger partial charge in [0.15, 0.2) is 5.44 Å². The predicted molar refractivity (Wildman–Crippen MR) is 89.9 cm³/mol. The minimum absolute atomic E-state index is 0.316. The molecule has 4 heteroatoms. The standard InChI is InChI=1S/C19H16O3S/c1-13-9-11-15(12-10-13)23(20,21)19-18(22-19)17-8-4-6-14-5-2-3-7-16(14)17/h2-12,18-19H,1H3. The van der Waals surface area contributed by atoms with E-state index in [1.807, 2.05) is 61.5 Å². The zero-order valence-corrected chi connectivity index (χ0v) is 13.5. The average Bonchev–Trinajstić information content (AvgIpc) is 3.36. The first kappa shape index (κ1) is 14.4. The van der Waals surface area contributed by atoms with E-state index in [-0.39, 0.29) is 0 Å². The van der Waals surface area contributed by atoms with Gasteiger partial charge in [-0.25, -0.2) is 8.42 Å². The molecule has 3 aromatic carbocycles. The number of aryl methyl sites for hydroxylation is 1. The van der Waals surface area contributed by atoms with E-state index < -0.39 is 21.4 Å². The van der Waals surface area contributed by atoms with E-state index in [2.05, 4.69) is 0 Å². The van der Waals surface area contributed by atoms with Crippen molar-refractivity contribution in [3.05, 3.63) is 77.9 Å². The molecule has 0 bridgehead atoms. The predicted octanol–water partition coefficient (Wildman–Crippen LogP) is 4.02. The lowest BCUT2D eigenvalue weighted by molar-refractivity contribution is 0.400. The number of fused-ring (bicyclic) bond motifs is 1. The van der Waals surface area contributed by atoms with Crippen LogP contribution in [0.5, 0.6) is 0 Å². The Morgan fingerprint density at radius 2 is 1.57 bits per heavy atom. The molecular formula is C19H16O3S. The zero-order valence-electron chi connectivity index (χ0n) is 12.6. The first-order valence-corrected chi connectivity index (χ1v) is 9.06. The number of hydrogen-bond donors (Lipinski definition) is 0. The monoisotopic (exact) mass is 324 g/mol. The topological polar surface area (TPSA) is 46.7 Å². The lowest BCUT2D eigenvalue weighted by atomic mass is 10.0. The van der Waals surface area contributed by atoms with Crippen LogP contribution in [0.15, 0.2) is 71.6 Å². The molecule has 0 aliphatic carbocycles. The lowest BCUT2D eigenvalue weighted by Crippen LogP contribution is -2.09. The summed E-state index contributed by atoms with van der Waals surface area (Å²) < 4.78 is 31.0. The summed E-state index contributed by atoms with van der Waals surface area (Å²) in [6.45, 7) is 1.93. The fourth-order valence-corrected chi connectivity index (χ4v) is 4.44. The van der Waals surface area contributed by atoms with Crippen LogP contribution in [0.4, 0.5) is 0 Å². The number of sulfone groups is 1. The maximum Gasteiger partial charge on any atom is 0.208 e. The van der Waals surface area contributed by atoms with Gasteiger partial charge in [-0.15, -0.1) is 0 Å². The molecule has 0 saturated carbocycles. The van der Waals surface area contributed by atoms with Crippen molar-refractivity contribution < 1.29 is 13.2 Å². The maximum absolute atomic E-state index is 12.7. The van der Waals surface area contributed by atoms with Gasteiger partial charge >= 0.3 is 0 Å². The van der Waals surface area contributed by atoms with Crippen LogP contribution in [0.2, 0.25) is 0 Å². The van der Waals surface area contributed by atoms with Gasteiger partial charge in [0.25, 0.3) is 0 Å². The molecule has 0 amide bonds. The van der Waals surface area contributed by atoms with Gasteiger partial charge in [0.1, 0.15) is 6.10 Å². The Balaban J connectivity index is 1.70. The molecule has 1 aliphatic rings. The zero-order chi connectivity index (χ0) is 16.0. The van der Waals surface area contributed by atoms with Crippen molar-refractivity contribution in [3.63, 3.8) is 0 Å². The van der Waals surface area contributed by atoms with E-state index in [0.29, 0.717) is 4.90 Å². The first-order chi connectivity index (χ1) is 11.1. The molecule has 3 nitrogen and oxygen atoms in total. The molecule has 0 N–H and O–H groups in total. The molecule has 2 atom stereocenters. The Kier molecular flexibility index (Phi) is 3.25. The van der Waals surface area contributed by atoms with Gasteiger partial charge in [0.2, 0.25) is 9.84 Å². The molecule has 1 aliphatic heterocycles. The third-order valence-electron chi connectivity index (χ3n) is 4.24. The third-order valence-corrected chi connectivity index (χ3v) is 6.14. The smallest absolute Gasteiger partial charge is 0.208 e. The van der Waals surface area contributed by atoms with E-state index in [0.717, 1.165) is 21.9 Å². The highest BCUT2D eigenvalue weighted by atomic mass is 32.2. The summed E-state index contributed by atoms with van der Waals surface area (Å²) in [7, 11) is -3.47. The SMILES string of the molecule is Cc1ccc(S(=O)(=O)C2OC2c2cccc3ccccc23)cc1. The number of ether oxygens (including phenoxy) is 1. The molecule has 4 rings (SSSR count). The molecule has 1 saturated heterocycles. The van der Waals surface area contributed by atoms with Crippen molar-refractivity contribution >= 4 is 20.6 Å². The number of rotatable bonds is 3. The maximum atomic E-state index is 12.7. The summed E-state index contributed by atoms with van der Waals surface area (Å²) in [6.07, 6.45) is -0.396. The Hall–Kier alpha value is -2.17. The summed E-state index contributed by atoms with van der Waals surface area (Å²) >= 11 is 0. The number of hydrogen-bond acceptors (Lipinski definition) is 3. The summed E-state index contributed by atoms with van der Waals surface area (Å²) in [5.74, 6) is 0. The Morgan fingerprint density at radius 1 is 0.870 bits per heavy atom. The van der Waals surface area contributed by atoms with Gasteiger partial charge in [-0.05, 0) is 35.4 Å². The molecule has 0 spiro atoms. The Bertz CT molecular complexity index is 970. The molecule has 0 radical (unpaired) electrons. The van der Waals surface area contributed by atoms with E-state index in [9.17, 15) is 8.42 Å².